The van der Waals surface area contributed by atoms with Gasteiger partial charge in [-0.1, -0.05) is 24.3 Å². The van der Waals surface area contributed by atoms with Gasteiger partial charge >= 0.3 is 0 Å². The van der Waals surface area contributed by atoms with Crippen LogP contribution in [0.3, 0.4) is 0 Å². The number of nitrogens with one attached hydrogen (secondary N) is 1. The molecule has 1 atom stereocenters. The number of benzene rings is 2. The van der Waals surface area contributed by atoms with Crippen molar-refractivity contribution in [2.24, 2.45) is 0 Å². The maximum Gasteiger partial charge on any atom is 0.126 e. The van der Waals surface area contributed by atoms with Gasteiger partial charge in [0.2, 0.25) is 0 Å². The zero-order valence-electron chi connectivity index (χ0n) is 12.1. The lowest BCUT2D eigenvalue weighted by Crippen LogP contribution is -2.18. The first-order valence-corrected chi connectivity index (χ1v) is 7.95. The monoisotopic (exact) mass is 289 g/mol. The summed E-state index contributed by atoms with van der Waals surface area (Å²) in [5.41, 5.74) is 3.07. The van der Waals surface area contributed by atoms with Gasteiger partial charge in [0.25, 0.3) is 0 Å². The van der Waals surface area contributed by atoms with E-state index in [0.717, 1.165) is 12.1 Å². The van der Waals surface area contributed by atoms with E-state index >= 15 is 0 Å². The minimum atomic E-state index is -0.144. The molecular formula is C17H20FNS. The van der Waals surface area contributed by atoms with Crippen LogP contribution in [0.1, 0.15) is 29.7 Å². The summed E-state index contributed by atoms with van der Waals surface area (Å²) in [7, 11) is 0. The third-order valence-corrected chi connectivity index (χ3v) is 4.19. The third kappa shape index (κ3) is 3.84. The van der Waals surface area contributed by atoms with Crippen molar-refractivity contribution in [2.45, 2.75) is 31.3 Å². The molecule has 0 aliphatic carbocycles. The summed E-state index contributed by atoms with van der Waals surface area (Å²) < 4.78 is 13.2. The third-order valence-electron chi connectivity index (χ3n) is 3.45. The molecule has 0 saturated heterocycles. The molecule has 0 saturated carbocycles. The highest BCUT2D eigenvalue weighted by molar-refractivity contribution is 7.98. The lowest BCUT2D eigenvalue weighted by atomic mass is 10.1. The summed E-state index contributed by atoms with van der Waals surface area (Å²) in [5, 5.41) is 3.47. The molecule has 0 amide bonds. The van der Waals surface area contributed by atoms with Gasteiger partial charge in [0.15, 0.2) is 0 Å². The van der Waals surface area contributed by atoms with E-state index in [1.54, 1.807) is 18.7 Å². The summed E-state index contributed by atoms with van der Waals surface area (Å²) in [6.45, 7) is 4.68. The van der Waals surface area contributed by atoms with Gasteiger partial charge in [-0.25, -0.2) is 4.39 Å². The van der Waals surface area contributed by atoms with Crippen molar-refractivity contribution in [3.8, 4) is 0 Å². The smallest absolute Gasteiger partial charge is 0.126 e. The minimum Gasteiger partial charge on any atom is -0.306 e. The zero-order valence-corrected chi connectivity index (χ0v) is 12.9. The van der Waals surface area contributed by atoms with Crippen molar-refractivity contribution in [3.63, 3.8) is 0 Å². The van der Waals surface area contributed by atoms with Crippen LogP contribution in [-0.2, 0) is 6.54 Å². The highest BCUT2D eigenvalue weighted by Crippen LogP contribution is 2.19. The molecule has 106 valence electrons. The first kappa shape index (κ1) is 15.1. The maximum absolute atomic E-state index is 13.2. The van der Waals surface area contributed by atoms with Crippen molar-refractivity contribution in [1.82, 2.24) is 5.32 Å². The van der Waals surface area contributed by atoms with Gasteiger partial charge < -0.3 is 5.32 Å². The second-order valence-electron chi connectivity index (χ2n) is 4.96. The Labute approximate surface area is 124 Å². The first-order chi connectivity index (χ1) is 9.60. The van der Waals surface area contributed by atoms with Crippen LogP contribution >= 0.6 is 11.8 Å². The molecule has 0 spiro atoms. The van der Waals surface area contributed by atoms with Crippen LogP contribution in [0.5, 0.6) is 0 Å². The minimum absolute atomic E-state index is 0.144. The SMILES string of the molecule is CSc1ccc(C(C)NCc2ccc(F)c(C)c2)cc1. The summed E-state index contributed by atoms with van der Waals surface area (Å²) in [4.78, 5) is 1.27. The van der Waals surface area contributed by atoms with Crippen molar-refractivity contribution in [3.05, 3.63) is 65.0 Å². The molecule has 2 aromatic rings. The van der Waals surface area contributed by atoms with Gasteiger partial charge in [-0.2, -0.15) is 0 Å². The number of aryl methyl sites for hydroxylation is 1. The Balaban J connectivity index is 1.96. The van der Waals surface area contributed by atoms with Crippen molar-refractivity contribution >= 4 is 11.8 Å². The summed E-state index contributed by atoms with van der Waals surface area (Å²) in [6, 6.07) is 14.1. The maximum atomic E-state index is 13.2. The normalized spacial score (nSPS) is 12.4. The fourth-order valence-electron chi connectivity index (χ4n) is 2.10. The van der Waals surface area contributed by atoms with Gasteiger partial charge in [-0.05, 0) is 55.0 Å². The van der Waals surface area contributed by atoms with Crippen LogP contribution in [0.15, 0.2) is 47.4 Å². The van der Waals surface area contributed by atoms with Crippen LogP contribution in [0.4, 0.5) is 4.39 Å². The Kier molecular flexibility index (Phi) is 5.21. The fourth-order valence-corrected chi connectivity index (χ4v) is 2.51. The Morgan fingerprint density at radius 1 is 1.15 bits per heavy atom. The van der Waals surface area contributed by atoms with Crippen LogP contribution < -0.4 is 5.32 Å². The van der Waals surface area contributed by atoms with Crippen LogP contribution in [0.2, 0.25) is 0 Å². The molecule has 0 aliphatic rings. The Morgan fingerprint density at radius 3 is 2.45 bits per heavy atom. The van der Waals surface area contributed by atoms with Crippen LogP contribution in [-0.4, -0.2) is 6.26 Å². The molecule has 0 bridgehead atoms. The number of hydrogen-bond donors (Lipinski definition) is 1. The van der Waals surface area contributed by atoms with E-state index in [9.17, 15) is 4.39 Å². The van der Waals surface area contributed by atoms with Crippen LogP contribution in [0.25, 0.3) is 0 Å². The second kappa shape index (κ2) is 6.91. The highest BCUT2D eigenvalue weighted by atomic mass is 32.2. The molecule has 1 N–H and O–H groups in total. The standard InChI is InChI=1S/C17H20FNS/c1-12-10-14(4-9-17(12)18)11-19-13(2)15-5-7-16(20-3)8-6-15/h4-10,13,19H,11H2,1-3H3. The van der Waals surface area contributed by atoms with Crippen LogP contribution in [0, 0.1) is 12.7 Å². The first-order valence-electron chi connectivity index (χ1n) is 6.72. The lowest BCUT2D eigenvalue weighted by molar-refractivity contribution is 0.571. The van der Waals surface area contributed by atoms with E-state index in [0.29, 0.717) is 5.56 Å². The average Bonchev–Trinajstić information content (AvgIpc) is 2.48. The van der Waals surface area contributed by atoms with E-state index in [1.807, 2.05) is 12.1 Å². The molecule has 0 radical (unpaired) electrons. The fraction of sp³-hybridized carbons (Fsp3) is 0.294. The van der Waals surface area contributed by atoms with E-state index < -0.39 is 0 Å². The summed E-state index contributed by atoms with van der Waals surface area (Å²) in [6.07, 6.45) is 2.08. The molecule has 1 unspecified atom stereocenters. The molecule has 0 heterocycles. The lowest BCUT2D eigenvalue weighted by Gasteiger charge is -2.15. The van der Waals surface area contributed by atoms with Gasteiger partial charge in [-0.15, -0.1) is 11.8 Å². The van der Waals surface area contributed by atoms with Crippen molar-refractivity contribution in [2.75, 3.05) is 6.26 Å². The van der Waals surface area contributed by atoms with E-state index in [-0.39, 0.29) is 11.9 Å². The summed E-state index contributed by atoms with van der Waals surface area (Å²) >= 11 is 1.75. The van der Waals surface area contributed by atoms with Gasteiger partial charge in [0.05, 0.1) is 0 Å². The molecule has 2 rings (SSSR count). The Morgan fingerprint density at radius 2 is 1.85 bits per heavy atom. The predicted octanol–water partition coefficient (Wildman–Crippen LogP) is 4.71. The number of rotatable bonds is 5. The molecule has 0 fully saturated rings. The molecule has 2 aromatic carbocycles. The molecular weight excluding hydrogens is 269 g/mol. The van der Waals surface area contributed by atoms with Crippen molar-refractivity contribution < 1.29 is 4.39 Å². The zero-order chi connectivity index (χ0) is 14.5. The number of thioether (sulfide) groups is 1. The summed E-state index contributed by atoms with van der Waals surface area (Å²) in [5.74, 6) is -0.144. The van der Waals surface area contributed by atoms with Gasteiger partial charge in [0, 0.05) is 17.5 Å². The van der Waals surface area contributed by atoms with E-state index in [1.165, 1.54) is 16.5 Å². The molecule has 0 aromatic heterocycles. The van der Waals surface area contributed by atoms with E-state index in [4.69, 9.17) is 0 Å². The largest absolute Gasteiger partial charge is 0.306 e. The van der Waals surface area contributed by atoms with Crippen molar-refractivity contribution in [1.29, 1.82) is 0 Å². The second-order valence-corrected chi connectivity index (χ2v) is 5.84. The number of halogens is 1. The Hall–Kier alpha value is -1.32. The highest BCUT2D eigenvalue weighted by Gasteiger charge is 2.05. The van der Waals surface area contributed by atoms with Gasteiger partial charge in [0.1, 0.15) is 5.82 Å². The molecule has 20 heavy (non-hydrogen) atoms. The van der Waals surface area contributed by atoms with Gasteiger partial charge in [-0.3, -0.25) is 0 Å². The molecule has 0 aliphatic heterocycles. The Bertz CT molecular complexity index is 566. The van der Waals surface area contributed by atoms with E-state index in [2.05, 4.69) is 42.8 Å². The molecule has 1 nitrogen and oxygen atoms in total. The number of hydrogen-bond acceptors (Lipinski definition) is 2. The quantitative estimate of drug-likeness (QED) is 0.800. The topological polar surface area (TPSA) is 12.0 Å². The predicted molar refractivity (Wildman–Crippen MR) is 84.6 cm³/mol. The molecule has 3 heteroatoms. The average molecular weight is 289 g/mol.